The highest BCUT2D eigenvalue weighted by Gasteiger charge is 2.27. The van der Waals surface area contributed by atoms with Crippen LogP contribution in [0.3, 0.4) is 0 Å². The number of nitrogens with one attached hydrogen (secondary N) is 2. The Morgan fingerprint density at radius 3 is 2.72 bits per heavy atom. The number of ether oxygens (including phenoxy) is 1. The van der Waals surface area contributed by atoms with Crippen molar-refractivity contribution < 1.29 is 9.53 Å². The molecule has 0 radical (unpaired) electrons. The van der Waals surface area contributed by atoms with Gasteiger partial charge in [0.25, 0.3) is 0 Å². The maximum absolute atomic E-state index is 11.6. The van der Waals surface area contributed by atoms with Crippen LogP contribution >= 0.6 is 0 Å². The van der Waals surface area contributed by atoms with Gasteiger partial charge in [-0.3, -0.25) is 4.79 Å². The summed E-state index contributed by atoms with van der Waals surface area (Å²) in [5.74, 6) is 1.05. The van der Waals surface area contributed by atoms with E-state index < -0.39 is 5.41 Å². The summed E-state index contributed by atoms with van der Waals surface area (Å²) in [5, 5.41) is 5.66. The Bertz CT molecular complexity index is 433. The van der Waals surface area contributed by atoms with Crippen LogP contribution in [0.2, 0.25) is 0 Å². The summed E-state index contributed by atoms with van der Waals surface area (Å²) < 4.78 is 5.12. The highest BCUT2D eigenvalue weighted by atomic mass is 16.5. The van der Waals surface area contributed by atoms with Gasteiger partial charge in [0.2, 0.25) is 11.7 Å². The van der Waals surface area contributed by atoms with E-state index in [9.17, 15) is 4.79 Å². The first-order valence-electron chi connectivity index (χ1n) is 5.53. The molecule has 0 aliphatic carbocycles. The summed E-state index contributed by atoms with van der Waals surface area (Å²) >= 11 is 0. The molecule has 7 heteroatoms. The van der Waals surface area contributed by atoms with Gasteiger partial charge in [0.15, 0.2) is 11.6 Å². The van der Waals surface area contributed by atoms with Crippen molar-refractivity contribution in [3.05, 3.63) is 6.33 Å². The maximum Gasteiger partial charge on any atom is 0.227 e. The van der Waals surface area contributed by atoms with Crippen molar-refractivity contribution in [2.45, 2.75) is 13.8 Å². The van der Waals surface area contributed by atoms with Gasteiger partial charge in [0, 0.05) is 13.6 Å². The first kappa shape index (κ1) is 14.0. The Labute approximate surface area is 106 Å². The molecule has 0 aliphatic rings. The van der Waals surface area contributed by atoms with Crippen LogP contribution in [0.1, 0.15) is 13.8 Å². The lowest BCUT2D eigenvalue weighted by molar-refractivity contribution is -0.128. The number of carbonyl (C=O) groups is 1. The van der Waals surface area contributed by atoms with Crippen LogP contribution in [-0.4, -0.2) is 36.6 Å². The van der Waals surface area contributed by atoms with Gasteiger partial charge in [-0.1, -0.05) is 0 Å². The lowest BCUT2D eigenvalue weighted by Crippen LogP contribution is -2.39. The molecule has 0 fully saturated rings. The van der Waals surface area contributed by atoms with Crippen LogP contribution < -0.4 is 21.1 Å². The Kier molecular flexibility index (Phi) is 4.30. The van der Waals surface area contributed by atoms with E-state index in [1.165, 1.54) is 13.4 Å². The first-order chi connectivity index (χ1) is 8.42. The molecule has 7 nitrogen and oxygen atoms in total. The third-order valence-electron chi connectivity index (χ3n) is 2.58. The molecule has 1 aromatic rings. The molecule has 0 atom stereocenters. The number of nitrogen functional groups attached to an aromatic ring is 1. The molecular formula is C11H19N5O2. The fourth-order valence-electron chi connectivity index (χ4n) is 1.44. The molecular weight excluding hydrogens is 234 g/mol. The van der Waals surface area contributed by atoms with Crippen molar-refractivity contribution in [3.8, 4) is 5.75 Å². The van der Waals surface area contributed by atoms with Gasteiger partial charge in [-0.25, -0.2) is 9.97 Å². The van der Waals surface area contributed by atoms with Crippen LogP contribution in [0.4, 0.5) is 11.6 Å². The highest BCUT2D eigenvalue weighted by molar-refractivity contribution is 5.82. The summed E-state index contributed by atoms with van der Waals surface area (Å²) in [6.45, 7) is 4.06. The van der Waals surface area contributed by atoms with E-state index in [-0.39, 0.29) is 11.7 Å². The van der Waals surface area contributed by atoms with Crippen molar-refractivity contribution in [2.75, 3.05) is 31.8 Å². The molecule has 0 saturated carbocycles. The van der Waals surface area contributed by atoms with Crippen molar-refractivity contribution in [1.29, 1.82) is 0 Å². The summed E-state index contributed by atoms with van der Waals surface area (Å²) in [4.78, 5) is 19.5. The third-order valence-corrected chi connectivity index (χ3v) is 2.58. The average molecular weight is 253 g/mol. The van der Waals surface area contributed by atoms with E-state index in [1.54, 1.807) is 7.05 Å². The van der Waals surface area contributed by atoms with Gasteiger partial charge in [-0.2, -0.15) is 0 Å². The number of carbonyl (C=O) groups excluding carboxylic acids is 1. The quantitative estimate of drug-likeness (QED) is 0.695. The molecule has 1 rings (SSSR count). The second kappa shape index (κ2) is 5.52. The largest absolute Gasteiger partial charge is 0.490 e. The predicted molar refractivity (Wildman–Crippen MR) is 69.3 cm³/mol. The van der Waals surface area contributed by atoms with Gasteiger partial charge in [-0.15, -0.1) is 0 Å². The molecule has 0 aliphatic heterocycles. The number of nitrogens with two attached hydrogens (primary N) is 1. The summed E-state index contributed by atoms with van der Waals surface area (Å²) in [6.07, 6.45) is 1.34. The van der Waals surface area contributed by atoms with E-state index in [0.717, 1.165) is 0 Å². The average Bonchev–Trinajstić information content (AvgIpc) is 2.35. The lowest BCUT2D eigenvalue weighted by atomic mass is 9.92. The van der Waals surface area contributed by atoms with Gasteiger partial charge in [0.05, 0.1) is 12.5 Å². The molecule has 1 amide bonds. The molecule has 0 bridgehead atoms. The smallest absolute Gasteiger partial charge is 0.227 e. The van der Waals surface area contributed by atoms with Crippen LogP contribution in [0.5, 0.6) is 5.75 Å². The lowest BCUT2D eigenvalue weighted by Gasteiger charge is -2.23. The van der Waals surface area contributed by atoms with Crippen LogP contribution in [0, 0.1) is 5.41 Å². The molecule has 18 heavy (non-hydrogen) atoms. The number of hydrogen-bond donors (Lipinski definition) is 3. The van der Waals surface area contributed by atoms with Gasteiger partial charge < -0.3 is 21.1 Å². The Morgan fingerprint density at radius 2 is 2.17 bits per heavy atom. The molecule has 4 N–H and O–H groups in total. The minimum Gasteiger partial charge on any atom is -0.490 e. The zero-order valence-electron chi connectivity index (χ0n) is 11.1. The van der Waals surface area contributed by atoms with E-state index in [2.05, 4.69) is 20.6 Å². The molecule has 1 aromatic heterocycles. The number of nitrogens with zero attached hydrogens (tertiary/aromatic N) is 2. The van der Waals surface area contributed by atoms with Crippen molar-refractivity contribution >= 4 is 17.5 Å². The Morgan fingerprint density at radius 1 is 1.50 bits per heavy atom. The normalized spacial score (nSPS) is 10.9. The molecule has 0 spiro atoms. The molecule has 0 saturated heterocycles. The van der Waals surface area contributed by atoms with Gasteiger partial charge >= 0.3 is 0 Å². The molecule has 100 valence electrons. The fraction of sp³-hybridized carbons (Fsp3) is 0.545. The monoisotopic (exact) mass is 253 g/mol. The molecule has 0 aromatic carbocycles. The van der Waals surface area contributed by atoms with E-state index in [4.69, 9.17) is 10.5 Å². The number of amides is 1. The number of anilines is 2. The minimum atomic E-state index is -0.570. The van der Waals surface area contributed by atoms with Crippen molar-refractivity contribution in [3.63, 3.8) is 0 Å². The summed E-state index contributed by atoms with van der Waals surface area (Å²) in [6, 6.07) is 0. The number of hydrogen-bond acceptors (Lipinski definition) is 6. The SMILES string of the molecule is CNC(=O)C(C)(C)CNc1ncnc(N)c1OC. The first-order valence-corrected chi connectivity index (χ1v) is 5.53. The maximum atomic E-state index is 11.6. The second-order valence-electron chi connectivity index (χ2n) is 4.46. The fourth-order valence-corrected chi connectivity index (χ4v) is 1.44. The van der Waals surface area contributed by atoms with Gasteiger partial charge in [0.1, 0.15) is 6.33 Å². The highest BCUT2D eigenvalue weighted by Crippen LogP contribution is 2.27. The third kappa shape index (κ3) is 2.99. The summed E-state index contributed by atoms with van der Waals surface area (Å²) in [5.41, 5.74) is 5.09. The topological polar surface area (TPSA) is 102 Å². The Hall–Kier alpha value is -2.05. The zero-order valence-corrected chi connectivity index (χ0v) is 11.1. The van der Waals surface area contributed by atoms with Crippen LogP contribution in [0.25, 0.3) is 0 Å². The number of rotatable bonds is 5. The molecule has 1 heterocycles. The summed E-state index contributed by atoms with van der Waals surface area (Å²) in [7, 11) is 3.09. The van der Waals surface area contributed by atoms with Crippen molar-refractivity contribution in [1.82, 2.24) is 15.3 Å². The zero-order chi connectivity index (χ0) is 13.8. The van der Waals surface area contributed by atoms with Gasteiger partial charge in [-0.05, 0) is 13.8 Å². The second-order valence-corrected chi connectivity index (χ2v) is 4.46. The molecule has 0 unspecified atom stereocenters. The van der Waals surface area contributed by atoms with Crippen LogP contribution in [-0.2, 0) is 4.79 Å². The van der Waals surface area contributed by atoms with Crippen LogP contribution in [0.15, 0.2) is 6.33 Å². The Balaban J connectivity index is 2.81. The van der Waals surface area contributed by atoms with E-state index in [0.29, 0.717) is 18.1 Å². The number of methoxy groups -OCH3 is 1. The number of aromatic nitrogens is 2. The minimum absolute atomic E-state index is 0.0593. The van der Waals surface area contributed by atoms with E-state index in [1.807, 2.05) is 13.8 Å². The van der Waals surface area contributed by atoms with Crippen molar-refractivity contribution in [2.24, 2.45) is 5.41 Å². The predicted octanol–water partition coefficient (Wildman–Crippen LogP) is 0.252. The van der Waals surface area contributed by atoms with E-state index >= 15 is 0 Å². The standard InChI is InChI=1S/C11H19N5O2/c1-11(2,10(17)13-3)5-14-9-7(18-4)8(12)15-6-16-9/h6H,5H2,1-4H3,(H,13,17)(H3,12,14,15,16).